The minimum atomic E-state index is -0.213. The van der Waals surface area contributed by atoms with Crippen molar-refractivity contribution in [2.24, 2.45) is 0 Å². The number of carbonyl (C=O) groups is 1. The Kier molecular flexibility index (Phi) is 8.45. The number of rotatable bonds is 8. The quantitative estimate of drug-likeness (QED) is 0.613. The molecule has 2 heterocycles. The third-order valence-corrected chi connectivity index (χ3v) is 6.32. The molecule has 2 aliphatic rings. The van der Waals surface area contributed by atoms with E-state index in [1.54, 1.807) is 12.1 Å². The van der Waals surface area contributed by atoms with E-state index in [0.29, 0.717) is 38.3 Å². The zero-order valence-corrected chi connectivity index (χ0v) is 19.4. The van der Waals surface area contributed by atoms with Crippen LogP contribution in [0.2, 0.25) is 0 Å². The molecule has 178 valence electrons. The number of morpholine rings is 2. The maximum atomic E-state index is 13.6. The van der Waals surface area contributed by atoms with Crippen LogP contribution in [0.5, 0.6) is 0 Å². The van der Waals surface area contributed by atoms with Crippen LogP contribution in [0.25, 0.3) is 0 Å². The van der Waals surface area contributed by atoms with Crippen molar-refractivity contribution in [3.05, 3.63) is 71.0 Å². The van der Waals surface area contributed by atoms with E-state index in [1.165, 1.54) is 6.07 Å². The molecule has 1 unspecified atom stereocenters. The van der Waals surface area contributed by atoms with E-state index in [-0.39, 0.29) is 17.8 Å². The summed E-state index contributed by atoms with van der Waals surface area (Å²) in [7, 11) is 0. The highest BCUT2D eigenvalue weighted by atomic mass is 19.1. The molecular formula is C26H34FN3O3. The molecule has 2 aromatic carbocycles. The van der Waals surface area contributed by atoms with Gasteiger partial charge in [-0.3, -0.25) is 14.6 Å². The Hall–Kier alpha value is -2.32. The number of carbonyl (C=O) groups excluding carboxylic acids is 1. The van der Waals surface area contributed by atoms with Gasteiger partial charge in [0.2, 0.25) is 0 Å². The zero-order valence-electron chi connectivity index (χ0n) is 19.4. The number of hydrogen-bond acceptors (Lipinski definition) is 5. The molecule has 0 aromatic heterocycles. The molecule has 0 spiro atoms. The van der Waals surface area contributed by atoms with Crippen molar-refractivity contribution in [3.8, 4) is 0 Å². The van der Waals surface area contributed by atoms with Gasteiger partial charge in [-0.05, 0) is 36.8 Å². The van der Waals surface area contributed by atoms with Gasteiger partial charge in [0.1, 0.15) is 5.82 Å². The Bertz CT molecular complexity index is 902. The average Bonchev–Trinajstić information content (AvgIpc) is 2.83. The van der Waals surface area contributed by atoms with Crippen molar-refractivity contribution >= 4 is 5.91 Å². The van der Waals surface area contributed by atoms with E-state index in [2.05, 4.69) is 9.80 Å². The fourth-order valence-corrected chi connectivity index (χ4v) is 4.42. The molecule has 0 saturated carbocycles. The first kappa shape index (κ1) is 23.8. The van der Waals surface area contributed by atoms with Crippen molar-refractivity contribution in [3.63, 3.8) is 0 Å². The lowest BCUT2D eigenvalue weighted by Crippen LogP contribution is -2.50. The first-order valence-electron chi connectivity index (χ1n) is 11.8. The number of aryl methyl sites for hydroxylation is 1. The lowest BCUT2D eigenvalue weighted by Gasteiger charge is -2.36. The Morgan fingerprint density at radius 2 is 1.82 bits per heavy atom. The Morgan fingerprint density at radius 1 is 1.06 bits per heavy atom. The van der Waals surface area contributed by atoms with Crippen LogP contribution in [0.3, 0.4) is 0 Å². The van der Waals surface area contributed by atoms with Crippen LogP contribution in [-0.2, 0) is 16.0 Å². The molecule has 0 aliphatic carbocycles. The van der Waals surface area contributed by atoms with E-state index in [1.807, 2.05) is 42.2 Å². The summed E-state index contributed by atoms with van der Waals surface area (Å²) < 4.78 is 25.1. The highest BCUT2D eigenvalue weighted by molar-refractivity contribution is 5.94. The van der Waals surface area contributed by atoms with E-state index < -0.39 is 0 Å². The number of halogens is 1. The first-order chi connectivity index (χ1) is 16.1. The molecule has 0 bridgehead atoms. The van der Waals surface area contributed by atoms with E-state index >= 15 is 0 Å². The third kappa shape index (κ3) is 7.08. The van der Waals surface area contributed by atoms with Crippen LogP contribution in [-0.4, -0.2) is 92.3 Å². The second-order valence-corrected chi connectivity index (χ2v) is 8.93. The van der Waals surface area contributed by atoms with Crippen molar-refractivity contribution in [2.45, 2.75) is 19.6 Å². The van der Waals surface area contributed by atoms with Crippen molar-refractivity contribution < 1.29 is 18.7 Å². The monoisotopic (exact) mass is 455 g/mol. The molecule has 2 aromatic rings. The topological polar surface area (TPSA) is 45.2 Å². The maximum absolute atomic E-state index is 13.6. The van der Waals surface area contributed by atoms with Crippen molar-refractivity contribution in [1.29, 1.82) is 0 Å². The van der Waals surface area contributed by atoms with Gasteiger partial charge in [0.05, 0.1) is 25.9 Å². The molecule has 2 fully saturated rings. The fourth-order valence-electron chi connectivity index (χ4n) is 4.42. The van der Waals surface area contributed by atoms with Crippen molar-refractivity contribution in [1.82, 2.24) is 14.7 Å². The summed E-state index contributed by atoms with van der Waals surface area (Å²) in [6, 6.07) is 14.5. The summed E-state index contributed by atoms with van der Waals surface area (Å²) in [4.78, 5) is 19.9. The van der Waals surface area contributed by atoms with Crippen LogP contribution in [0.1, 0.15) is 21.5 Å². The molecule has 0 radical (unpaired) electrons. The van der Waals surface area contributed by atoms with Gasteiger partial charge in [-0.15, -0.1) is 0 Å². The average molecular weight is 456 g/mol. The van der Waals surface area contributed by atoms with Crippen LogP contribution >= 0.6 is 0 Å². The Labute approximate surface area is 195 Å². The van der Waals surface area contributed by atoms with Crippen LogP contribution in [0.4, 0.5) is 4.39 Å². The predicted octanol–water partition coefficient (Wildman–Crippen LogP) is 2.81. The predicted molar refractivity (Wildman–Crippen MR) is 126 cm³/mol. The SMILES string of the molecule is Cc1ccc(C(=O)N(CCN2CCOCC2)CC2CN(Cc3cccc(F)c3)CCO2)cc1. The van der Waals surface area contributed by atoms with Gasteiger partial charge in [0.25, 0.3) is 5.91 Å². The smallest absolute Gasteiger partial charge is 0.253 e. The van der Waals surface area contributed by atoms with Crippen molar-refractivity contribution in [2.75, 3.05) is 65.6 Å². The second-order valence-electron chi connectivity index (χ2n) is 8.93. The highest BCUT2D eigenvalue weighted by Crippen LogP contribution is 2.15. The summed E-state index contributed by atoms with van der Waals surface area (Å²) >= 11 is 0. The molecule has 33 heavy (non-hydrogen) atoms. The summed E-state index contributed by atoms with van der Waals surface area (Å²) in [5.41, 5.74) is 2.79. The normalized spacial score (nSPS) is 20.0. The Morgan fingerprint density at radius 3 is 2.58 bits per heavy atom. The number of nitrogens with zero attached hydrogens (tertiary/aromatic N) is 3. The Balaban J connectivity index is 1.40. The number of amides is 1. The zero-order chi connectivity index (χ0) is 23.0. The summed E-state index contributed by atoms with van der Waals surface area (Å²) in [6.45, 7) is 10.1. The van der Waals surface area contributed by atoms with Crippen LogP contribution in [0.15, 0.2) is 48.5 Å². The van der Waals surface area contributed by atoms with E-state index in [9.17, 15) is 9.18 Å². The summed E-state index contributed by atoms with van der Waals surface area (Å²) in [6.07, 6.45) is -0.0774. The summed E-state index contributed by atoms with van der Waals surface area (Å²) in [5.74, 6) is -0.176. The molecule has 1 atom stereocenters. The first-order valence-corrected chi connectivity index (χ1v) is 11.8. The molecular weight excluding hydrogens is 421 g/mol. The molecule has 2 saturated heterocycles. The van der Waals surface area contributed by atoms with Gasteiger partial charge in [0, 0.05) is 57.9 Å². The molecule has 2 aliphatic heterocycles. The fraction of sp³-hybridized carbons (Fsp3) is 0.500. The molecule has 4 rings (SSSR count). The third-order valence-electron chi connectivity index (χ3n) is 6.32. The molecule has 7 heteroatoms. The lowest BCUT2D eigenvalue weighted by molar-refractivity contribution is -0.0443. The number of hydrogen-bond donors (Lipinski definition) is 0. The maximum Gasteiger partial charge on any atom is 0.253 e. The highest BCUT2D eigenvalue weighted by Gasteiger charge is 2.26. The molecule has 0 N–H and O–H groups in total. The molecule has 1 amide bonds. The molecule has 6 nitrogen and oxygen atoms in total. The minimum Gasteiger partial charge on any atom is -0.379 e. The van der Waals surface area contributed by atoms with Gasteiger partial charge >= 0.3 is 0 Å². The standard InChI is InChI=1S/C26H34FN3O3/c1-21-5-7-23(8-6-21)26(31)30(10-9-28-11-14-32-15-12-28)20-25-19-29(13-16-33-25)18-22-3-2-4-24(27)17-22/h2-8,17,25H,9-16,18-20H2,1H3. The number of benzene rings is 2. The van der Waals surface area contributed by atoms with Gasteiger partial charge in [-0.2, -0.15) is 0 Å². The lowest BCUT2D eigenvalue weighted by atomic mass is 10.1. The largest absolute Gasteiger partial charge is 0.379 e. The van der Waals surface area contributed by atoms with Crippen LogP contribution < -0.4 is 0 Å². The summed E-state index contributed by atoms with van der Waals surface area (Å²) in [5, 5.41) is 0. The van der Waals surface area contributed by atoms with Crippen LogP contribution in [0, 0.1) is 12.7 Å². The second kappa shape index (κ2) is 11.7. The van der Waals surface area contributed by atoms with Gasteiger partial charge in [0.15, 0.2) is 0 Å². The van der Waals surface area contributed by atoms with Gasteiger partial charge in [-0.25, -0.2) is 4.39 Å². The van der Waals surface area contributed by atoms with Gasteiger partial charge < -0.3 is 14.4 Å². The van der Waals surface area contributed by atoms with Gasteiger partial charge in [-0.1, -0.05) is 29.8 Å². The number of ether oxygens (including phenoxy) is 2. The van der Waals surface area contributed by atoms with E-state index in [0.717, 1.165) is 50.5 Å². The van der Waals surface area contributed by atoms with E-state index in [4.69, 9.17) is 9.47 Å². The minimum absolute atomic E-state index is 0.0362.